The van der Waals surface area contributed by atoms with Gasteiger partial charge in [-0.15, -0.1) is 0 Å². The second-order valence-electron chi connectivity index (χ2n) is 5.46. The van der Waals surface area contributed by atoms with Crippen molar-refractivity contribution >= 4 is 5.78 Å². The molecule has 0 radical (unpaired) electrons. The molecule has 2 nitrogen and oxygen atoms in total. The normalized spacial score (nSPS) is 30.8. The number of nitrogens with zero attached hydrogens (tertiary/aromatic N) is 1. The lowest BCUT2D eigenvalue weighted by atomic mass is 9.90. The molecule has 0 spiro atoms. The first kappa shape index (κ1) is 10.2. The summed E-state index contributed by atoms with van der Waals surface area (Å²) < 4.78 is 0. The van der Waals surface area contributed by atoms with Crippen LogP contribution in [0, 0.1) is 5.92 Å². The summed E-state index contributed by atoms with van der Waals surface area (Å²) in [6.07, 6.45) is 4.28. The van der Waals surface area contributed by atoms with Crippen LogP contribution in [0.4, 0.5) is 0 Å². The Bertz CT molecular complexity index is 243. The van der Waals surface area contributed by atoms with Crippen LogP contribution in [0.25, 0.3) is 0 Å². The number of Topliss-reactive ketones (excluding diaryl/α,β-unsaturated/α-hetero) is 1. The Morgan fingerprint density at radius 1 is 1.36 bits per heavy atom. The standard InChI is InChI=1S/C12H21NO/c1-9-8-11(14)6-7-13(9)12(2,3)10-4-5-10/h9-10H,4-8H2,1-3H3. The first-order valence-electron chi connectivity index (χ1n) is 5.80. The van der Waals surface area contributed by atoms with Crippen LogP contribution < -0.4 is 0 Å². The van der Waals surface area contributed by atoms with E-state index in [1.807, 2.05) is 0 Å². The van der Waals surface area contributed by atoms with Crippen LogP contribution in [0.1, 0.15) is 46.5 Å². The number of piperidine rings is 1. The van der Waals surface area contributed by atoms with E-state index in [-0.39, 0.29) is 0 Å². The van der Waals surface area contributed by atoms with Gasteiger partial charge in [0, 0.05) is 31.0 Å². The lowest BCUT2D eigenvalue weighted by Gasteiger charge is -2.45. The second kappa shape index (κ2) is 3.34. The van der Waals surface area contributed by atoms with Crippen molar-refractivity contribution in [2.45, 2.75) is 58.0 Å². The summed E-state index contributed by atoms with van der Waals surface area (Å²) in [5, 5.41) is 0. The Morgan fingerprint density at radius 2 is 2.00 bits per heavy atom. The Kier molecular flexibility index (Phi) is 2.42. The van der Waals surface area contributed by atoms with Crippen molar-refractivity contribution in [1.29, 1.82) is 0 Å². The largest absolute Gasteiger partial charge is 0.300 e. The van der Waals surface area contributed by atoms with Crippen molar-refractivity contribution in [3.63, 3.8) is 0 Å². The summed E-state index contributed by atoms with van der Waals surface area (Å²) in [7, 11) is 0. The summed E-state index contributed by atoms with van der Waals surface area (Å²) in [4.78, 5) is 13.9. The van der Waals surface area contributed by atoms with Crippen molar-refractivity contribution in [2.24, 2.45) is 5.92 Å². The number of ketones is 1. The highest BCUT2D eigenvalue weighted by Gasteiger charge is 2.44. The monoisotopic (exact) mass is 195 g/mol. The average molecular weight is 195 g/mol. The molecule has 0 aromatic carbocycles. The molecule has 1 saturated carbocycles. The lowest BCUT2D eigenvalue weighted by molar-refractivity contribution is -0.125. The van der Waals surface area contributed by atoms with Crippen LogP contribution >= 0.6 is 0 Å². The van der Waals surface area contributed by atoms with Crippen molar-refractivity contribution in [3.05, 3.63) is 0 Å². The van der Waals surface area contributed by atoms with E-state index in [1.165, 1.54) is 12.8 Å². The molecule has 0 bridgehead atoms. The van der Waals surface area contributed by atoms with Crippen molar-refractivity contribution in [2.75, 3.05) is 6.54 Å². The fraction of sp³-hybridized carbons (Fsp3) is 0.917. The van der Waals surface area contributed by atoms with Crippen LogP contribution in [0.3, 0.4) is 0 Å². The first-order valence-corrected chi connectivity index (χ1v) is 5.80. The Labute approximate surface area is 86.7 Å². The molecule has 80 valence electrons. The van der Waals surface area contributed by atoms with Gasteiger partial charge in [0.25, 0.3) is 0 Å². The molecule has 1 atom stereocenters. The van der Waals surface area contributed by atoms with Crippen LogP contribution in [0.5, 0.6) is 0 Å². The van der Waals surface area contributed by atoms with Crippen LogP contribution in [0.2, 0.25) is 0 Å². The molecule has 0 aromatic heterocycles. The number of hydrogen-bond acceptors (Lipinski definition) is 2. The number of carbonyl (C=O) groups excluding carboxylic acids is 1. The molecule has 1 aliphatic heterocycles. The van der Waals surface area contributed by atoms with E-state index in [0.717, 1.165) is 25.3 Å². The molecule has 0 N–H and O–H groups in total. The zero-order valence-electron chi connectivity index (χ0n) is 9.55. The highest BCUT2D eigenvalue weighted by Crippen LogP contribution is 2.44. The van der Waals surface area contributed by atoms with Gasteiger partial charge in [-0.1, -0.05) is 0 Å². The Balaban J connectivity index is 2.05. The molecule has 0 aromatic rings. The predicted octanol–water partition coefficient (Wildman–Crippen LogP) is 2.23. The van der Waals surface area contributed by atoms with Gasteiger partial charge in [0.05, 0.1) is 0 Å². The number of likely N-dealkylation sites (tertiary alicyclic amines) is 1. The molecule has 0 amide bonds. The fourth-order valence-corrected chi connectivity index (χ4v) is 2.89. The minimum atomic E-state index is 0.320. The molecule has 2 fully saturated rings. The highest BCUT2D eigenvalue weighted by atomic mass is 16.1. The van der Waals surface area contributed by atoms with Gasteiger partial charge >= 0.3 is 0 Å². The first-order chi connectivity index (χ1) is 6.51. The molecular formula is C12H21NO. The van der Waals surface area contributed by atoms with E-state index >= 15 is 0 Å². The Morgan fingerprint density at radius 3 is 2.50 bits per heavy atom. The molecule has 1 aliphatic carbocycles. The molecule has 2 rings (SSSR count). The fourth-order valence-electron chi connectivity index (χ4n) is 2.89. The van der Waals surface area contributed by atoms with E-state index in [2.05, 4.69) is 25.7 Å². The zero-order chi connectivity index (χ0) is 10.3. The van der Waals surface area contributed by atoms with Crippen LogP contribution in [-0.2, 0) is 4.79 Å². The van der Waals surface area contributed by atoms with Gasteiger partial charge < -0.3 is 0 Å². The minimum Gasteiger partial charge on any atom is -0.300 e. The van der Waals surface area contributed by atoms with Crippen LogP contribution in [0.15, 0.2) is 0 Å². The summed E-state index contributed by atoms with van der Waals surface area (Å²) in [5.74, 6) is 1.32. The topological polar surface area (TPSA) is 20.3 Å². The van der Waals surface area contributed by atoms with Crippen LogP contribution in [-0.4, -0.2) is 28.8 Å². The summed E-state index contributed by atoms with van der Waals surface area (Å²) >= 11 is 0. The summed E-state index contributed by atoms with van der Waals surface area (Å²) in [6.45, 7) is 7.86. The van der Waals surface area contributed by atoms with Gasteiger partial charge in [0.2, 0.25) is 0 Å². The molecule has 1 heterocycles. The quantitative estimate of drug-likeness (QED) is 0.673. The third kappa shape index (κ3) is 1.72. The van der Waals surface area contributed by atoms with Gasteiger partial charge in [0.1, 0.15) is 5.78 Å². The molecule has 2 heteroatoms. The van der Waals surface area contributed by atoms with E-state index in [9.17, 15) is 4.79 Å². The summed E-state index contributed by atoms with van der Waals surface area (Å²) in [5.41, 5.74) is 0.320. The number of rotatable bonds is 2. The summed E-state index contributed by atoms with van der Waals surface area (Å²) in [6, 6.07) is 0.451. The SMILES string of the molecule is CC1CC(=O)CCN1C(C)(C)C1CC1. The molecule has 1 saturated heterocycles. The highest BCUT2D eigenvalue weighted by molar-refractivity contribution is 5.79. The third-order valence-electron chi connectivity index (χ3n) is 4.00. The molecule has 1 unspecified atom stereocenters. The van der Waals surface area contributed by atoms with E-state index in [1.54, 1.807) is 0 Å². The van der Waals surface area contributed by atoms with Gasteiger partial charge in [-0.3, -0.25) is 9.69 Å². The average Bonchev–Trinajstić information content (AvgIpc) is 2.84. The molecule has 2 aliphatic rings. The third-order valence-corrected chi connectivity index (χ3v) is 4.00. The van der Waals surface area contributed by atoms with Gasteiger partial charge in [-0.2, -0.15) is 0 Å². The number of carbonyl (C=O) groups is 1. The molecular weight excluding hydrogens is 174 g/mol. The Hall–Kier alpha value is -0.370. The van der Waals surface area contributed by atoms with Gasteiger partial charge in [0.15, 0.2) is 0 Å². The second-order valence-corrected chi connectivity index (χ2v) is 5.46. The maximum Gasteiger partial charge on any atom is 0.135 e. The van der Waals surface area contributed by atoms with E-state index in [4.69, 9.17) is 0 Å². The van der Waals surface area contributed by atoms with Gasteiger partial charge in [-0.25, -0.2) is 0 Å². The number of hydrogen-bond donors (Lipinski definition) is 0. The minimum absolute atomic E-state index is 0.320. The van der Waals surface area contributed by atoms with E-state index in [0.29, 0.717) is 17.4 Å². The van der Waals surface area contributed by atoms with Crippen molar-refractivity contribution in [1.82, 2.24) is 4.90 Å². The maximum atomic E-state index is 11.3. The smallest absolute Gasteiger partial charge is 0.135 e. The van der Waals surface area contributed by atoms with Gasteiger partial charge in [-0.05, 0) is 39.5 Å². The molecule has 14 heavy (non-hydrogen) atoms. The maximum absolute atomic E-state index is 11.3. The zero-order valence-corrected chi connectivity index (χ0v) is 9.55. The van der Waals surface area contributed by atoms with E-state index < -0.39 is 0 Å². The van der Waals surface area contributed by atoms with Crippen molar-refractivity contribution < 1.29 is 4.79 Å². The van der Waals surface area contributed by atoms with Crippen molar-refractivity contribution in [3.8, 4) is 0 Å². The predicted molar refractivity (Wildman–Crippen MR) is 57.2 cm³/mol. The lowest BCUT2D eigenvalue weighted by Crippen LogP contribution is -2.54.